The Morgan fingerprint density at radius 1 is 1.15 bits per heavy atom. The van der Waals surface area contributed by atoms with Crippen LogP contribution in [0.1, 0.15) is 22.0 Å². The molecule has 0 radical (unpaired) electrons. The van der Waals surface area contributed by atoms with E-state index in [4.69, 9.17) is 4.74 Å². The van der Waals surface area contributed by atoms with Crippen molar-refractivity contribution in [3.63, 3.8) is 0 Å². The Kier molecular flexibility index (Phi) is 6.98. The number of carbonyl (C=O) groups is 2. The van der Waals surface area contributed by atoms with Crippen LogP contribution < -0.4 is 10.6 Å². The van der Waals surface area contributed by atoms with Crippen LogP contribution in [0.2, 0.25) is 0 Å². The number of thiophene rings is 1. The number of nitrogens with one attached hydrogen (secondary N) is 2. The van der Waals surface area contributed by atoms with Gasteiger partial charge in [-0.2, -0.15) is 0 Å². The molecule has 6 nitrogen and oxygen atoms in total. The highest BCUT2D eigenvalue weighted by atomic mass is 32.1. The van der Waals surface area contributed by atoms with Crippen LogP contribution in [0.5, 0.6) is 0 Å². The summed E-state index contributed by atoms with van der Waals surface area (Å²) in [4.78, 5) is 27.5. The SMILES string of the molecule is COCCNC(=O)C(=O)NC[C@H](c1cccs1)N1CCc2ccccc2C1. The monoisotopic (exact) mass is 387 g/mol. The topological polar surface area (TPSA) is 70.7 Å². The minimum Gasteiger partial charge on any atom is -0.383 e. The quantitative estimate of drug-likeness (QED) is 0.561. The third-order valence-corrected chi connectivity index (χ3v) is 5.70. The minimum absolute atomic E-state index is 0.0501. The summed E-state index contributed by atoms with van der Waals surface area (Å²) in [6.07, 6.45) is 0.990. The van der Waals surface area contributed by atoms with Gasteiger partial charge in [-0.05, 0) is 29.0 Å². The molecule has 0 spiro atoms. The predicted octanol–water partition coefficient (Wildman–Crippen LogP) is 1.73. The van der Waals surface area contributed by atoms with Gasteiger partial charge in [0.25, 0.3) is 0 Å². The molecule has 0 unspecified atom stereocenters. The average molecular weight is 388 g/mol. The molecular weight excluding hydrogens is 362 g/mol. The van der Waals surface area contributed by atoms with Gasteiger partial charge in [0.2, 0.25) is 0 Å². The lowest BCUT2D eigenvalue weighted by Crippen LogP contribution is -2.45. The van der Waals surface area contributed by atoms with Crippen molar-refractivity contribution >= 4 is 23.2 Å². The Hall–Kier alpha value is -2.22. The Labute approximate surface area is 163 Å². The average Bonchev–Trinajstić information content (AvgIpc) is 3.22. The fourth-order valence-electron chi connectivity index (χ4n) is 3.29. The zero-order valence-corrected chi connectivity index (χ0v) is 16.3. The number of benzene rings is 1. The molecule has 1 aliphatic heterocycles. The third-order valence-electron chi connectivity index (χ3n) is 4.73. The fraction of sp³-hybridized carbons (Fsp3) is 0.400. The molecule has 2 aromatic rings. The van der Waals surface area contributed by atoms with Gasteiger partial charge in [0.15, 0.2) is 0 Å². The van der Waals surface area contributed by atoms with Gasteiger partial charge in [-0.1, -0.05) is 30.3 Å². The molecule has 2 N–H and O–H groups in total. The standard InChI is InChI=1S/C20H25N3O3S/c1-26-11-9-21-19(24)20(25)22-13-17(18-7-4-12-27-18)23-10-8-15-5-2-3-6-16(15)14-23/h2-7,12,17H,8-11,13-14H2,1H3,(H,21,24)(H,22,25)/t17-/m1/s1. The molecule has 0 saturated carbocycles. The lowest BCUT2D eigenvalue weighted by molar-refractivity contribution is -0.139. The first-order valence-electron chi connectivity index (χ1n) is 9.08. The molecule has 144 valence electrons. The molecule has 1 aliphatic rings. The Balaban J connectivity index is 1.63. The maximum atomic E-state index is 12.1. The van der Waals surface area contributed by atoms with E-state index in [2.05, 4.69) is 45.9 Å². The number of ether oxygens (including phenoxy) is 1. The summed E-state index contributed by atoms with van der Waals surface area (Å²) in [5.41, 5.74) is 2.72. The van der Waals surface area contributed by atoms with Crippen LogP contribution in [0.15, 0.2) is 41.8 Å². The van der Waals surface area contributed by atoms with Crippen molar-refractivity contribution < 1.29 is 14.3 Å². The second-order valence-corrected chi connectivity index (χ2v) is 7.46. The molecule has 0 fully saturated rings. The van der Waals surface area contributed by atoms with E-state index in [9.17, 15) is 9.59 Å². The zero-order chi connectivity index (χ0) is 19.1. The van der Waals surface area contributed by atoms with Gasteiger partial charge in [-0.25, -0.2) is 0 Å². The maximum absolute atomic E-state index is 12.1. The van der Waals surface area contributed by atoms with Crippen molar-refractivity contribution in [3.05, 3.63) is 57.8 Å². The summed E-state index contributed by atoms with van der Waals surface area (Å²) >= 11 is 1.67. The van der Waals surface area contributed by atoms with E-state index in [0.717, 1.165) is 19.5 Å². The largest absolute Gasteiger partial charge is 0.383 e. The first-order chi connectivity index (χ1) is 13.2. The molecule has 0 bridgehead atoms. The van der Waals surface area contributed by atoms with Crippen LogP contribution in [0.3, 0.4) is 0 Å². The molecule has 0 aliphatic carbocycles. The van der Waals surface area contributed by atoms with Crippen LogP contribution in [0.4, 0.5) is 0 Å². The highest BCUT2D eigenvalue weighted by Crippen LogP contribution is 2.29. The molecule has 1 aromatic carbocycles. The summed E-state index contributed by atoms with van der Waals surface area (Å²) < 4.78 is 4.88. The van der Waals surface area contributed by atoms with Crippen molar-refractivity contribution in [2.24, 2.45) is 0 Å². The van der Waals surface area contributed by atoms with Gasteiger partial charge in [0, 0.05) is 38.2 Å². The van der Waals surface area contributed by atoms with Crippen LogP contribution in [0, 0.1) is 0 Å². The van der Waals surface area contributed by atoms with Gasteiger partial charge in [-0.3, -0.25) is 14.5 Å². The molecule has 2 amide bonds. The Bertz CT molecular complexity index is 764. The smallest absolute Gasteiger partial charge is 0.309 e. The van der Waals surface area contributed by atoms with Crippen LogP contribution in [-0.4, -0.2) is 50.1 Å². The number of carbonyl (C=O) groups excluding carboxylic acids is 2. The number of fused-ring (bicyclic) bond motifs is 1. The number of amides is 2. The van der Waals surface area contributed by atoms with E-state index in [1.807, 2.05) is 11.4 Å². The van der Waals surface area contributed by atoms with Gasteiger partial charge >= 0.3 is 11.8 Å². The van der Waals surface area contributed by atoms with Crippen molar-refractivity contribution in [2.45, 2.75) is 19.0 Å². The second-order valence-electron chi connectivity index (χ2n) is 6.48. The van der Waals surface area contributed by atoms with Gasteiger partial charge in [0.1, 0.15) is 0 Å². The minimum atomic E-state index is -0.624. The highest BCUT2D eigenvalue weighted by Gasteiger charge is 2.26. The van der Waals surface area contributed by atoms with E-state index in [0.29, 0.717) is 19.7 Å². The normalized spacial score (nSPS) is 15.0. The highest BCUT2D eigenvalue weighted by molar-refractivity contribution is 7.10. The molecule has 7 heteroatoms. The predicted molar refractivity (Wildman–Crippen MR) is 106 cm³/mol. The van der Waals surface area contributed by atoms with Crippen LogP contribution >= 0.6 is 11.3 Å². The number of hydrogen-bond acceptors (Lipinski definition) is 5. The van der Waals surface area contributed by atoms with Gasteiger partial charge in [-0.15, -0.1) is 11.3 Å². The zero-order valence-electron chi connectivity index (χ0n) is 15.4. The van der Waals surface area contributed by atoms with E-state index in [1.54, 1.807) is 18.4 Å². The molecule has 1 atom stereocenters. The lowest BCUT2D eigenvalue weighted by atomic mass is 9.98. The van der Waals surface area contributed by atoms with Crippen molar-refractivity contribution in [2.75, 3.05) is 33.4 Å². The number of rotatable bonds is 7. The summed E-state index contributed by atoms with van der Waals surface area (Å²) in [5.74, 6) is -1.23. The van der Waals surface area contributed by atoms with Crippen molar-refractivity contribution in [3.8, 4) is 0 Å². The first-order valence-corrected chi connectivity index (χ1v) is 9.96. The van der Waals surface area contributed by atoms with Crippen molar-refractivity contribution in [1.82, 2.24) is 15.5 Å². The summed E-state index contributed by atoms with van der Waals surface area (Å²) in [7, 11) is 1.55. The molecular formula is C20H25N3O3S. The molecule has 27 heavy (non-hydrogen) atoms. The maximum Gasteiger partial charge on any atom is 0.309 e. The molecule has 3 rings (SSSR count). The summed E-state index contributed by atoms with van der Waals surface area (Å²) in [5, 5.41) is 7.38. The van der Waals surface area contributed by atoms with E-state index in [-0.39, 0.29) is 6.04 Å². The van der Waals surface area contributed by atoms with Gasteiger partial charge < -0.3 is 15.4 Å². The van der Waals surface area contributed by atoms with Crippen LogP contribution in [-0.2, 0) is 27.3 Å². The summed E-state index contributed by atoms with van der Waals surface area (Å²) in [6, 6.07) is 12.6. The van der Waals surface area contributed by atoms with Crippen molar-refractivity contribution in [1.29, 1.82) is 0 Å². The van der Waals surface area contributed by atoms with Gasteiger partial charge in [0.05, 0.1) is 12.6 Å². The second kappa shape index (κ2) is 9.64. The van der Waals surface area contributed by atoms with Crippen LogP contribution in [0.25, 0.3) is 0 Å². The fourth-order valence-corrected chi connectivity index (χ4v) is 4.15. The molecule has 0 saturated heterocycles. The Morgan fingerprint density at radius 3 is 2.67 bits per heavy atom. The Morgan fingerprint density at radius 2 is 1.93 bits per heavy atom. The molecule has 1 aromatic heterocycles. The lowest BCUT2D eigenvalue weighted by Gasteiger charge is -2.35. The van der Waals surface area contributed by atoms with E-state index in [1.165, 1.54) is 16.0 Å². The first kappa shape index (κ1) is 19.5. The van der Waals surface area contributed by atoms with E-state index >= 15 is 0 Å². The number of methoxy groups -OCH3 is 1. The van der Waals surface area contributed by atoms with E-state index < -0.39 is 11.8 Å². The summed E-state index contributed by atoms with van der Waals surface area (Å²) in [6.45, 7) is 2.87. The molecule has 2 heterocycles. The number of hydrogen-bond donors (Lipinski definition) is 2. The third kappa shape index (κ3) is 5.15. The number of nitrogens with zero attached hydrogens (tertiary/aromatic N) is 1.